The Labute approximate surface area is 122 Å². The van der Waals surface area contributed by atoms with Crippen LogP contribution in [0.3, 0.4) is 0 Å². The first-order valence-electron chi connectivity index (χ1n) is 6.61. The molecule has 1 aromatic rings. The van der Waals surface area contributed by atoms with Gasteiger partial charge in [0.15, 0.2) is 0 Å². The van der Waals surface area contributed by atoms with Crippen LogP contribution in [0.25, 0.3) is 0 Å². The van der Waals surface area contributed by atoms with E-state index in [0.29, 0.717) is 17.7 Å². The Morgan fingerprint density at radius 3 is 2.62 bits per heavy atom. The summed E-state index contributed by atoms with van der Waals surface area (Å²) in [6.45, 7) is 1.95. The van der Waals surface area contributed by atoms with Crippen LogP contribution >= 0.6 is 0 Å². The lowest BCUT2D eigenvalue weighted by atomic mass is 10.0. The van der Waals surface area contributed by atoms with Gasteiger partial charge in [-0.15, -0.1) is 0 Å². The lowest BCUT2D eigenvalue weighted by molar-refractivity contribution is -0.141. The van der Waals surface area contributed by atoms with Crippen molar-refractivity contribution in [3.63, 3.8) is 0 Å². The number of nitrogens with one attached hydrogen (secondary N) is 2. The molecule has 0 aliphatic carbocycles. The molecule has 7 heteroatoms. The Kier molecular flexibility index (Phi) is 6.19. The van der Waals surface area contributed by atoms with E-state index < -0.39 is 23.8 Å². The minimum absolute atomic E-state index is 0.0650. The highest BCUT2D eigenvalue weighted by molar-refractivity contribution is 5.96. The van der Waals surface area contributed by atoms with Gasteiger partial charge >= 0.3 is 12.0 Å². The highest BCUT2D eigenvalue weighted by Crippen LogP contribution is 2.11. The van der Waals surface area contributed by atoms with Gasteiger partial charge in [-0.25, -0.2) is 4.79 Å². The first kappa shape index (κ1) is 16.5. The number of nitrogens with two attached hydrogens (primary N) is 1. The predicted octanol–water partition coefficient (Wildman–Crippen LogP) is 1.41. The maximum atomic E-state index is 12.0. The Balaban J connectivity index is 2.66. The van der Waals surface area contributed by atoms with Crippen molar-refractivity contribution in [3.05, 3.63) is 29.8 Å². The number of hydrogen-bond acceptors (Lipinski definition) is 3. The molecule has 0 aliphatic heterocycles. The summed E-state index contributed by atoms with van der Waals surface area (Å²) < 4.78 is 0. The normalized spacial score (nSPS) is 11.5. The Morgan fingerprint density at radius 2 is 2.05 bits per heavy atom. The van der Waals surface area contributed by atoms with Gasteiger partial charge in [-0.1, -0.05) is 19.4 Å². The van der Waals surface area contributed by atoms with E-state index in [1.165, 1.54) is 6.07 Å². The number of benzene rings is 1. The van der Waals surface area contributed by atoms with E-state index in [1.54, 1.807) is 18.2 Å². The summed E-state index contributed by atoms with van der Waals surface area (Å²) >= 11 is 0. The molecule has 0 fully saturated rings. The molecule has 1 aromatic carbocycles. The second-order valence-corrected chi connectivity index (χ2v) is 4.60. The standard InChI is InChI=1S/C14H19N3O4/c1-2-4-10(13(19)20)8-16-12(18)9-5-3-6-11(7-9)17-14(15)21/h3,5-7,10H,2,4,8H2,1H3,(H,16,18)(H,19,20)(H3,15,17,21). The van der Waals surface area contributed by atoms with Crippen molar-refractivity contribution >= 4 is 23.6 Å². The molecule has 21 heavy (non-hydrogen) atoms. The molecule has 1 rings (SSSR count). The second kappa shape index (κ2) is 7.88. The number of carbonyl (C=O) groups is 3. The minimum Gasteiger partial charge on any atom is -0.481 e. The van der Waals surface area contributed by atoms with Gasteiger partial charge in [-0.05, 0) is 24.6 Å². The van der Waals surface area contributed by atoms with Crippen molar-refractivity contribution in [2.75, 3.05) is 11.9 Å². The number of aliphatic carboxylic acids is 1. The highest BCUT2D eigenvalue weighted by Gasteiger charge is 2.17. The lowest BCUT2D eigenvalue weighted by Crippen LogP contribution is -2.33. The van der Waals surface area contributed by atoms with Crippen molar-refractivity contribution in [1.82, 2.24) is 5.32 Å². The number of urea groups is 1. The van der Waals surface area contributed by atoms with Crippen LogP contribution in [0.1, 0.15) is 30.1 Å². The third-order valence-electron chi connectivity index (χ3n) is 2.89. The highest BCUT2D eigenvalue weighted by atomic mass is 16.4. The summed E-state index contributed by atoms with van der Waals surface area (Å²) in [6.07, 6.45) is 1.23. The molecule has 0 spiro atoms. The van der Waals surface area contributed by atoms with Crippen LogP contribution in [-0.4, -0.2) is 29.6 Å². The fourth-order valence-electron chi connectivity index (χ4n) is 1.86. The molecule has 3 amide bonds. The molecule has 1 atom stereocenters. The zero-order chi connectivity index (χ0) is 15.8. The minimum atomic E-state index is -0.929. The average molecular weight is 293 g/mol. The number of hydrogen-bond donors (Lipinski definition) is 4. The van der Waals surface area contributed by atoms with Crippen molar-refractivity contribution in [2.24, 2.45) is 11.7 Å². The zero-order valence-corrected chi connectivity index (χ0v) is 11.8. The Bertz CT molecular complexity index is 531. The molecular formula is C14H19N3O4. The van der Waals surface area contributed by atoms with Gasteiger partial charge in [-0.3, -0.25) is 9.59 Å². The van der Waals surface area contributed by atoms with Crippen LogP contribution < -0.4 is 16.4 Å². The summed E-state index contributed by atoms with van der Waals surface area (Å²) in [5.41, 5.74) is 5.72. The number of carbonyl (C=O) groups excluding carboxylic acids is 2. The molecule has 0 heterocycles. The molecule has 1 unspecified atom stereocenters. The number of carboxylic acids is 1. The van der Waals surface area contributed by atoms with Gasteiger partial charge in [0.25, 0.3) is 5.91 Å². The van der Waals surface area contributed by atoms with E-state index in [9.17, 15) is 14.4 Å². The summed E-state index contributed by atoms with van der Waals surface area (Å²) in [5.74, 6) is -1.93. The summed E-state index contributed by atoms with van der Waals surface area (Å²) in [5, 5.41) is 14.0. The number of carboxylic acid groups (broad SMARTS) is 1. The summed E-state index contributed by atoms with van der Waals surface area (Å²) in [4.78, 5) is 33.7. The number of anilines is 1. The van der Waals surface area contributed by atoms with Crippen LogP contribution in [0.5, 0.6) is 0 Å². The van der Waals surface area contributed by atoms with Crippen molar-refractivity contribution in [1.29, 1.82) is 0 Å². The average Bonchev–Trinajstić information content (AvgIpc) is 2.42. The Morgan fingerprint density at radius 1 is 1.33 bits per heavy atom. The van der Waals surface area contributed by atoms with Crippen molar-refractivity contribution < 1.29 is 19.5 Å². The van der Waals surface area contributed by atoms with Gasteiger partial charge in [0, 0.05) is 17.8 Å². The smallest absolute Gasteiger partial charge is 0.316 e. The zero-order valence-electron chi connectivity index (χ0n) is 11.8. The number of rotatable bonds is 7. The van der Waals surface area contributed by atoms with Gasteiger partial charge in [0.05, 0.1) is 5.92 Å². The molecule has 0 aliphatic rings. The monoisotopic (exact) mass is 293 g/mol. The third-order valence-corrected chi connectivity index (χ3v) is 2.89. The second-order valence-electron chi connectivity index (χ2n) is 4.60. The van der Waals surface area contributed by atoms with Crippen LogP contribution in [0, 0.1) is 5.92 Å². The number of primary amides is 1. The maximum absolute atomic E-state index is 12.0. The molecule has 114 valence electrons. The molecule has 0 radical (unpaired) electrons. The van der Waals surface area contributed by atoms with Crippen LogP contribution in [0.4, 0.5) is 10.5 Å². The van der Waals surface area contributed by atoms with E-state index in [1.807, 2.05) is 6.92 Å². The molecule has 0 saturated heterocycles. The lowest BCUT2D eigenvalue weighted by Gasteiger charge is -2.12. The summed E-state index contributed by atoms with van der Waals surface area (Å²) in [7, 11) is 0. The summed E-state index contributed by atoms with van der Waals surface area (Å²) in [6, 6.07) is 5.51. The number of amides is 3. The van der Waals surface area contributed by atoms with Gasteiger partial charge < -0.3 is 21.5 Å². The van der Waals surface area contributed by atoms with Crippen LogP contribution in [0.15, 0.2) is 24.3 Å². The molecule has 0 saturated carbocycles. The fourth-order valence-corrected chi connectivity index (χ4v) is 1.86. The quantitative estimate of drug-likeness (QED) is 0.607. The maximum Gasteiger partial charge on any atom is 0.316 e. The van der Waals surface area contributed by atoms with Crippen LogP contribution in [-0.2, 0) is 4.79 Å². The third kappa shape index (κ3) is 5.52. The molecule has 5 N–H and O–H groups in total. The largest absolute Gasteiger partial charge is 0.481 e. The van der Waals surface area contributed by atoms with Crippen molar-refractivity contribution in [2.45, 2.75) is 19.8 Å². The first-order valence-corrected chi connectivity index (χ1v) is 6.61. The fraction of sp³-hybridized carbons (Fsp3) is 0.357. The predicted molar refractivity (Wildman–Crippen MR) is 78.0 cm³/mol. The van der Waals surface area contributed by atoms with E-state index in [0.717, 1.165) is 6.42 Å². The van der Waals surface area contributed by atoms with Crippen molar-refractivity contribution in [3.8, 4) is 0 Å². The van der Waals surface area contributed by atoms with Crippen LogP contribution in [0.2, 0.25) is 0 Å². The molecule has 7 nitrogen and oxygen atoms in total. The topological polar surface area (TPSA) is 122 Å². The molecular weight excluding hydrogens is 274 g/mol. The molecule has 0 bridgehead atoms. The first-order chi connectivity index (χ1) is 9.93. The van der Waals surface area contributed by atoms with E-state index >= 15 is 0 Å². The van der Waals surface area contributed by atoms with E-state index in [4.69, 9.17) is 10.8 Å². The van der Waals surface area contributed by atoms with Gasteiger partial charge in [0.2, 0.25) is 0 Å². The SMILES string of the molecule is CCCC(CNC(=O)c1cccc(NC(N)=O)c1)C(=O)O. The Hall–Kier alpha value is -2.57. The van der Waals surface area contributed by atoms with E-state index in [-0.39, 0.29) is 6.54 Å². The molecule has 0 aromatic heterocycles. The van der Waals surface area contributed by atoms with E-state index in [2.05, 4.69) is 10.6 Å². The van der Waals surface area contributed by atoms with Gasteiger partial charge in [-0.2, -0.15) is 0 Å². The van der Waals surface area contributed by atoms with Gasteiger partial charge in [0.1, 0.15) is 0 Å².